The predicted octanol–water partition coefficient (Wildman–Crippen LogP) is 2.17. The molecule has 1 aliphatic rings. The molecule has 0 unspecified atom stereocenters. The summed E-state index contributed by atoms with van der Waals surface area (Å²) >= 11 is 0. The number of rotatable bonds is 9. The molecule has 7 nitrogen and oxygen atoms in total. The molecule has 1 aromatic heterocycles. The Morgan fingerprint density at radius 2 is 1.77 bits per heavy atom. The minimum absolute atomic E-state index is 0.329. The molecule has 0 aliphatic carbocycles. The van der Waals surface area contributed by atoms with Crippen molar-refractivity contribution in [1.82, 2.24) is 20.2 Å². The number of benzene rings is 2. The van der Waals surface area contributed by atoms with E-state index >= 15 is 0 Å². The number of para-hydroxylation sites is 2. The van der Waals surface area contributed by atoms with Crippen LogP contribution in [0, 0.1) is 0 Å². The van der Waals surface area contributed by atoms with Crippen LogP contribution in [0.4, 0.5) is 5.69 Å². The summed E-state index contributed by atoms with van der Waals surface area (Å²) in [6, 6.07) is 19.2. The van der Waals surface area contributed by atoms with Crippen molar-refractivity contribution in [3.05, 3.63) is 66.0 Å². The highest BCUT2D eigenvalue weighted by atomic mass is 16.5. The molecule has 7 heteroatoms. The van der Waals surface area contributed by atoms with Gasteiger partial charge in [-0.3, -0.25) is 0 Å². The van der Waals surface area contributed by atoms with Gasteiger partial charge in [0.25, 0.3) is 0 Å². The molecule has 164 valence electrons. The van der Waals surface area contributed by atoms with Gasteiger partial charge < -0.3 is 14.5 Å². The van der Waals surface area contributed by atoms with Crippen LogP contribution in [0.5, 0.6) is 5.75 Å². The molecule has 1 aliphatic heterocycles. The zero-order valence-corrected chi connectivity index (χ0v) is 18.6. The maximum atomic E-state index is 5.57. The standard InChI is InChI=1S/C24H32N6O/c1-3-9-22(24-25-26-27-30(24)15-14-20-10-5-4-6-11-20)29-18-16-28(17-19-29)21-12-7-8-13-23(21)31-2/h4-8,10-13,22H,3,9,14-19H2,1-2H3/p+1/t22-/m0/s1. The first-order valence-electron chi connectivity index (χ1n) is 11.3. The zero-order chi connectivity index (χ0) is 21.5. The quantitative estimate of drug-likeness (QED) is 0.574. The van der Waals surface area contributed by atoms with Gasteiger partial charge >= 0.3 is 0 Å². The maximum Gasteiger partial charge on any atom is 0.209 e. The molecule has 0 saturated carbocycles. The lowest BCUT2D eigenvalue weighted by Crippen LogP contribution is -3.15. The second kappa shape index (κ2) is 10.4. The molecule has 31 heavy (non-hydrogen) atoms. The van der Waals surface area contributed by atoms with Gasteiger partial charge in [-0.05, 0) is 34.5 Å². The summed E-state index contributed by atoms with van der Waals surface area (Å²) < 4.78 is 7.59. The Kier molecular flexibility index (Phi) is 7.14. The SMILES string of the molecule is CCC[C@@H](c1nnnn1CCc1ccccc1)[NH+]1CCN(c2ccccc2OC)CC1. The maximum absolute atomic E-state index is 5.57. The van der Waals surface area contributed by atoms with Gasteiger partial charge in [0.05, 0.1) is 39.0 Å². The van der Waals surface area contributed by atoms with Crippen LogP contribution >= 0.6 is 0 Å². The van der Waals surface area contributed by atoms with Crippen LogP contribution in [-0.4, -0.2) is 53.5 Å². The van der Waals surface area contributed by atoms with Gasteiger partial charge in [-0.15, -0.1) is 5.10 Å². The lowest BCUT2D eigenvalue weighted by Gasteiger charge is -2.37. The molecule has 2 heterocycles. The topological polar surface area (TPSA) is 60.5 Å². The first kappa shape index (κ1) is 21.3. The van der Waals surface area contributed by atoms with Gasteiger partial charge in [0.2, 0.25) is 5.82 Å². The minimum Gasteiger partial charge on any atom is -0.495 e. The van der Waals surface area contributed by atoms with E-state index in [1.807, 2.05) is 16.8 Å². The van der Waals surface area contributed by atoms with E-state index < -0.39 is 0 Å². The summed E-state index contributed by atoms with van der Waals surface area (Å²) in [7, 11) is 1.74. The first-order valence-corrected chi connectivity index (χ1v) is 11.3. The number of nitrogens with zero attached hydrogens (tertiary/aromatic N) is 5. The van der Waals surface area contributed by atoms with E-state index in [2.05, 4.69) is 69.8 Å². The van der Waals surface area contributed by atoms with Crippen molar-refractivity contribution in [3.8, 4) is 5.75 Å². The average molecular weight is 422 g/mol. The number of ether oxygens (including phenoxy) is 1. The molecule has 4 rings (SSSR count). The van der Waals surface area contributed by atoms with Crippen LogP contribution in [0.2, 0.25) is 0 Å². The molecule has 0 bridgehead atoms. The van der Waals surface area contributed by atoms with Crippen molar-refractivity contribution < 1.29 is 9.64 Å². The monoisotopic (exact) mass is 421 g/mol. The number of hydrogen-bond donors (Lipinski definition) is 1. The first-order chi connectivity index (χ1) is 15.3. The molecule has 0 radical (unpaired) electrons. The third-order valence-electron chi connectivity index (χ3n) is 6.23. The van der Waals surface area contributed by atoms with E-state index in [1.165, 1.54) is 11.3 Å². The Bertz CT molecular complexity index is 936. The molecule has 0 spiro atoms. The van der Waals surface area contributed by atoms with E-state index in [9.17, 15) is 0 Å². The third-order valence-corrected chi connectivity index (χ3v) is 6.23. The second-order valence-corrected chi connectivity index (χ2v) is 8.15. The van der Waals surface area contributed by atoms with E-state index in [-0.39, 0.29) is 0 Å². The van der Waals surface area contributed by atoms with Gasteiger partial charge in [0.15, 0.2) is 0 Å². The van der Waals surface area contributed by atoms with E-state index in [0.29, 0.717) is 6.04 Å². The van der Waals surface area contributed by atoms with Crippen LogP contribution in [0.15, 0.2) is 54.6 Å². The summed E-state index contributed by atoms with van der Waals surface area (Å²) in [4.78, 5) is 4.01. The number of anilines is 1. The third kappa shape index (κ3) is 5.05. The molecule has 1 atom stereocenters. The van der Waals surface area contributed by atoms with Crippen LogP contribution in [-0.2, 0) is 13.0 Å². The Labute approximate surface area is 184 Å². The Morgan fingerprint density at radius 1 is 1.03 bits per heavy atom. The van der Waals surface area contributed by atoms with E-state index in [4.69, 9.17) is 4.74 Å². The van der Waals surface area contributed by atoms with Crippen molar-refractivity contribution in [2.75, 3.05) is 38.2 Å². The molecule has 1 fully saturated rings. The number of aryl methyl sites for hydroxylation is 2. The normalized spacial score (nSPS) is 15.7. The van der Waals surface area contributed by atoms with Gasteiger partial charge in [0.1, 0.15) is 11.8 Å². The summed E-state index contributed by atoms with van der Waals surface area (Å²) in [5.41, 5.74) is 2.50. The molecular weight excluding hydrogens is 388 g/mol. The van der Waals surface area contributed by atoms with Gasteiger partial charge in [-0.2, -0.15) is 0 Å². The zero-order valence-electron chi connectivity index (χ0n) is 18.6. The van der Waals surface area contributed by atoms with Crippen molar-refractivity contribution in [2.45, 2.75) is 38.8 Å². The highest BCUT2D eigenvalue weighted by Gasteiger charge is 2.32. The fraction of sp³-hybridized carbons (Fsp3) is 0.458. The molecule has 1 N–H and O–H groups in total. The summed E-state index contributed by atoms with van der Waals surface area (Å²) in [5, 5.41) is 12.8. The number of aromatic nitrogens is 4. The Hall–Kier alpha value is -2.93. The number of quaternary nitrogens is 1. The number of tetrazole rings is 1. The fourth-order valence-corrected chi connectivity index (χ4v) is 4.58. The summed E-state index contributed by atoms with van der Waals surface area (Å²) in [6.45, 7) is 7.19. The second-order valence-electron chi connectivity index (χ2n) is 8.15. The van der Waals surface area contributed by atoms with Crippen molar-refractivity contribution in [1.29, 1.82) is 0 Å². The molecule has 2 aromatic carbocycles. The van der Waals surface area contributed by atoms with Gasteiger partial charge in [-0.1, -0.05) is 55.8 Å². The Balaban J connectivity index is 1.44. The molecule has 0 amide bonds. The lowest BCUT2D eigenvalue weighted by atomic mass is 10.1. The lowest BCUT2D eigenvalue weighted by molar-refractivity contribution is -0.933. The van der Waals surface area contributed by atoms with Crippen LogP contribution < -0.4 is 14.5 Å². The average Bonchev–Trinajstić information content (AvgIpc) is 3.30. The molecular formula is C24H33N6O+. The van der Waals surface area contributed by atoms with Crippen molar-refractivity contribution in [2.24, 2.45) is 0 Å². The number of piperazine rings is 1. The van der Waals surface area contributed by atoms with Gasteiger partial charge in [-0.25, -0.2) is 4.68 Å². The molecule has 1 saturated heterocycles. The highest BCUT2D eigenvalue weighted by Crippen LogP contribution is 2.27. The smallest absolute Gasteiger partial charge is 0.209 e. The molecule has 3 aromatic rings. The predicted molar refractivity (Wildman–Crippen MR) is 122 cm³/mol. The Morgan fingerprint density at radius 3 is 2.52 bits per heavy atom. The number of nitrogens with one attached hydrogen (secondary N) is 1. The van der Waals surface area contributed by atoms with Crippen molar-refractivity contribution >= 4 is 5.69 Å². The van der Waals surface area contributed by atoms with E-state index in [0.717, 1.165) is 63.6 Å². The van der Waals surface area contributed by atoms with Crippen LogP contribution in [0.3, 0.4) is 0 Å². The van der Waals surface area contributed by atoms with Crippen LogP contribution in [0.25, 0.3) is 0 Å². The summed E-state index contributed by atoms with van der Waals surface area (Å²) in [6.07, 6.45) is 3.15. The van der Waals surface area contributed by atoms with Crippen LogP contribution in [0.1, 0.15) is 37.2 Å². The largest absolute Gasteiger partial charge is 0.495 e. The fourth-order valence-electron chi connectivity index (χ4n) is 4.58. The number of methoxy groups -OCH3 is 1. The number of hydrogen-bond acceptors (Lipinski definition) is 5. The van der Waals surface area contributed by atoms with Gasteiger partial charge in [0, 0.05) is 13.0 Å². The highest BCUT2D eigenvalue weighted by molar-refractivity contribution is 5.58. The van der Waals surface area contributed by atoms with E-state index in [1.54, 1.807) is 12.0 Å². The van der Waals surface area contributed by atoms with Crippen molar-refractivity contribution in [3.63, 3.8) is 0 Å². The summed E-state index contributed by atoms with van der Waals surface area (Å²) in [5.74, 6) is 1.97. The minimum atomic E-state index is 0.329.